The third-order valence-corrected chi connectivity index (χ3v) is 4.11. The molecule has 0 aliphatic carbocycles. The molecule has 0 aromatic heterocycles. The van der Waals surface area contributed by atoms with E-state index in [0.717, 1.165) is 19.3 Å². The number of hydrogen-bond donors (Lipinski definition) is 1. The van der Waals surface area contributed by atoms with Crippen molar-refractivity contribution in [3.05, 3.63) is 54.6 Å². The van der Waals surface area contributed by atoms with Crippen LogP contribution >= 0.6 is 0 Å². The number of nitrogens with two attached hydrogens (primary N) is 1. The van der Waals surface area contributed by atoms with Crippen LogP contribution in [0.15, 0.2) is 54.6 Å². The van der Waals surface area contributed by atoms with E-state index in [0.29, 0.717) is 30.2 Å². The number of rotatable bonds is 7. The predicted octanol–water partition coefficient (Wildman–Crippen LogP) is 3.97. The molecule has 0 heterocycles. The summed E-state index contributed by atoms with van der Waals surface area (Å²) in [5.41, 5.74) is 7.65. The number of para-hydroxylation sites is 1. The minimum Gasteiger partial charge on any atom is -0.399 e. The molecule has 2 aromatic rings. The first-order chi connectivity index (χ1) is 12.6. The first kappa shape index (κ1) is 19.5. The van der Waals surface area contributed by atoms with Gasteiger partial charge in [0, 0.05) is 30.2 Å². The lowest BCUT2D eigenvalue weighted by Gasteiger charge is -2.27. The number of unbranched alkanes of at least 4 members (excludes halogenated alkanes) is 1. The van der Waals surface area contributed by atoms with Crippen LogP contribution in [-0.2, 0) is 9.59 Å². The van der Waals surface area contributed by atoms with Crippen molar-refractivity contribution in [1.29, 1.82) is 0 Å². The van der Waals surface area contributed by atoms with E-state index in [1.54, 1.807) is 29.2 Å². The molecule has 0 spiro atoms. The average molecular weight is 353 g/mol. The molecule has 0 saturated carbocycles. The van der Waals surface area contributed by atoms with Gasteiger partial charge in [0.25, 0.3) is 0 Å². The number of anilines is 3. The molecule has 0 aliphatic heterocycles. The minimum atomic E-state index is -0.550. The summed E-state index contributed by atoms with van der Waals surface area (Å²) in [4.78, 5) is 29.1. The molecule has 138 valence electrons. The van der Waals surface area contributed by atoms with Gasteiger partial charge in [0.1, 0.15) is 0 Å². The van der Waals surface area contributed by atoms with Crippen LogP contribution in [0.1, 0.15) is 33.1 Å². The quantitative estimate of drug-likeness (QED) is 0.605. The summed E-state index contributed by atoms with van der Waals surface area (Å²) < 4.78 is 0. The molecule has 2 aromatic carbocycles. The first-order valence-corrected chi connectivity index (χ1v) is 9.12. The van der Waals surface area contributed by atoms with Crippen LogP contribution in [-0.4, -0.2) is 29.8 Å². The van der Waals surface area contributed by atoms with Crippen LogP contribution in [0.2, 0.25) is 0 Å². The van der Waals surface area contributed by atoms with Gasteiger partial charge in [0.2, 0.25) is 0 Å². The molecule has 2 amide bonds. The zero-order valence-corrected chi connectivity index (χ0v) is 15.5. The summed E-state index contributed by atoms with van der Waals surface area (Å²) in [7, 11) is 0. The maximum absolute atomic E-state index is 13.1. The second-order valence-electron chi connectivity index (χ2n) is 6.21. The van der Waals surface area contributed by atoms with Crippen molar-refractivity contribution in [2.45, 2.75) is 33.1 Å². The second-order valence-corrected chi connectivity index (χ2v) is 6.21. The normalized spacial score (nSPS) is 10.4. The van der Waals surface area contributed by atoms with Crippen molar-refractivity contribution in [3.63, 3.8) is 0 Å². The van der Waals surface area contributed by atoms with E-state index in [1.807, 2.05) is 37.3 Å². The molecule has 0 radical (unpaired) electrons. The minimum absolute atomic E-state index is 0.471. The Hall–Kier alpha value is -2.82. The third kappa shape index (κ3) is 4.85. The van der Waals surface area contributed by atoms with Crippen molar-refractivity contribution >= 4 is 28.9 Å². The number of carbonyl (C=O) groups is 2. The van der Waals surface area contributed by atoms with Gasteiger partial charge >= 0.3 is 11.8 Å². The van der Waals surface area contributed by atoms with E-state index in [-0.39, 0.29) is 0 Å². The van der Waals surface area contributed by atoms with Gasteiger partial charge in [0.05, 0.1) is 0 Å². The van der Waals surface area contributed by atoms with Crippen molar-refractivity contribution in [3.8, 4) is 0 Å². The molecule has 2 rings (SSSR count). The number of amides is 2. The topological polar surface area (TPSA) is 66.6 Å². The zero-order chi connectivity index (χ0) is 18.9. The second kappa shape index (κ2) is 9.61. The van der Waals surface area contributed by atoms with Crippen molar-refractivity contribution in [2.75, 3.05) is 23.7 Å². The zero-order valence-electron chi connectivity index (χ0n) is 15.5. The fourth-order valence-electron chi connectivity index (χ4n) is 2.75. The number of benzene rings is 2. The smallest absolute Gasteiger partial charge is 0.321 e. The van der Waals surface area contributed by atoms with Gasteiger partial charge in [-0.15, -0.1) is 0 Å². The van der Waals surface area contributed by atoms with Gasteiger partial charge in [-0.05, 0) is 49.2 Å². The Labute approximate surface area is 155 Å². The Bertz CT molecular complexity index is 714. The first-order valence-electron chi connectivity index (χ1n) is 9.12. The number of carbonyl (C=O) groups excluding carboxylic acids is 2. The standard InChI is InChI=1S/C21H27N3O2/c1-3-5-16-23(15-4-2)20(25)21(26)24(18-9-7-6-8-10-18)19-13-11-17(22)12-14-19/h6-14H,3-5,15-16,22H2,1-2H3. The summed E-state index contributed by atoms with van der Waals surface area (Å²) in [6.45, 7) is 5.25. The highest BCUT2D eigenvalue weighted by molar-refractivity contribution is 6.42. The Kier molecular flexibility index (Phi) is 7.21. The van der Waals surface area contributed by atoms with Crippen LogP contribution < -0.4 is 10.6 Å². The van der Waals surface area contributed by atoms with E-state index in [4.69, 9.17) is 5.73 Å². The van der Waals surface area contributed by atoms with Crippen LogP contribution in [0.25, 0.3) is 0 Å². The van der Waals surface area contributed by atoms with E-state index < -0.39 is 11.8 Å². The molecule has 0 aliphatic rings. The molecule has 0 atom stereocenters. The van der Waals surface area contributed by atoms with Crippen LogP contribution in [0, 0.1) is 0 Å². The van der Waals surface area contributed by atoms with E-state index in [1.165, 1.54) is 4.90 Å². The predicted molar refractivity (Wildman–Crippen MR) is 106 cm³/mol. The molecule has 26 heavy (non-hydrogen) atoms. The fourth-order valence-corrected chi connectivity index (χ4v) is 2.75. The maximum atomic E-state index is 13.1. The lowest BCUT2D eigenvalue weighted by atomic mass is 10.2. The molecule has 5 heteroatoms. The van der Waals surface area contributed by atoms with Gasteiger partial charge in [-0.1, -0.05) is 38.5 Å². The summed E-state index contributed by atoms with van der Waals surface area (Å²) >= 11 is 0. The molecule has 0 fully saturated rings. The Morgan fingerprint density at radius 3 is 2.00 bits per heavy atom. The van der Waals surface area contributed by atoms with Gasteiger partial charge in [-0.3, -0.25) is 14.5 Å². The Balaban J connectivity index is 2.36. The highest BCUT2D eigenvalue weighted by Crippen LogP contribution is 2.26. The highest BCUT2D eigenvalue weighted by Gasteiger charge is 2.28. The SMILES string of the molecule is CCCCN(CCC)C(=O)C(=O)N(c1ccccc1)c1ccc(N)cc1. The third-order valence-electron chi connectivity index (χ3n) is 4.11. The van der Waals surface area contributed by atoms with Gasteiger partial charge in [-0.25, -0.2) is 0 Å². The highest BCUT2D eigenvalue weighted by atomic mass is 16.2. The lowest BCUT2D eigenvalue weighted by molar-refractivity contribution is -0.144. The van der Waals surface area contributed by atoms with E-state index in [2.05, 4.69) is 6.92 Å². The largest absolute Gasteiger partial charge is 0.399 e. The molecular formula is C21H27N3O2. The van der Waals surface area contributed by atoms with Gasteiger partial charge in [-0.2, -0.15) is 0 Å². The molecule has 0 unspecified atom stereocenters. The monoisotopic (exact) mass is 353 g/mol. The Morgan fingerprint density at radius 1 is 0.808 bits per heavy atom. The number of nitrogen functional groups attached to an aromatic ring is 1. The molecule has 5 nitrogen and oxygen atoms in total. The van der Waals surface area contributed by atoms with Crippen molar-refractivity contribution in [2.24, 2.45) is 0 Å². The van der Waals surface area contributed by atoms with Crippen LogP contribution in [0.4, 0.5) is 17.1 Å². The van der Waals surface area contributed by atoms with Crippen LogP contribution in [0.5, 0.6) is 0 Å². The summed E-state index contributed by atoms with van der Waals surface area (Å²) in [5, 5.41) is 0. The van der Waals surface area contributed by atoms with Crippen molar-refractivity contribution < 1.29 is 9.59 Å². The summed E-state index contributed by atoms with van der Waals surface area (Å²) in [6.07, 6.45) is 2.67. The fraction of sp³-hybridized carbons (Fsp3) is 0.333. The molecular weight excluding hydrogens is 326 g/mol. The average Bonchev–Trinajstić information content (AvgIpc) is 2.67. The molecule has 0 saturated heterocycles. The lowest BCUT2D eigenvalue weighted by Crippen LogP contribution is -2.44. The Morgan fingerprint density at radius 2 is 1.42 bits per heavy atom. The van der Waals surface area contributed by atoms with E-state index >= 15 is 0 Å². The summed E-state index contributed by atoms with van der Waals surface area (Å²) in [6, 6.07) is 16.2. The van der Waals surface area contributed by atoms with E-state index in [9.17, 15) is 9.59 Å². The maximum Gasteiger partial charge on any atom is 0.321 e. The summed E-state index contributed by atoms with van der Waals surface area (Å²) in [5.74, 6) is -1.02. The number of hydrogen-bond acceptors (Lipinski definition) is 3. The van der Waals surface area contributed by atoms with Gasteiger partial charge in [0.15, 0.2) is 0 Å². The van der Waals surface area contributed by atoms with Crippen LogP contribution in [0.3, 0.4) is 0 Å². The molecule has 0 bridgehead atoms. The van der Waals surface area contributed by atoms with Crippen molar-refractivity contribution in [1.82, 2.24) is 4.90 Å². The van der Waals surface area contributed by atoms with Gasteiger partial charge < -0.3 is 10.6 Å². The molecule has 2 N–H and O–H groups in total. The number of nitrogens with zero attached hydrogens (tertiary/aromatic N) is 2.